The van der Waals surface area contributed by atoms with Gasteiger partial charge in [-0.05, 0) is 12.1 Å². The summed E-state index contributed by atoms with van der Waals surface area (Å²) < 4.78 is 6.12. The molecule has 0 unspecified atom stereocenters. The van der Waals surface area contributed by atoms with Gasteiger partial charge in [-0.1, -0.05) is 50.6 Å². The highest BCUT2D eigenvalue weighted by atomic mass is 79.9. The van der Waals surface area contributed by atoms with E-state index in [-0.39, 0.29) is 10.8 Å². The van der Waals surface area contributed by atoms with E-state index in [2.05, 4.69) is 21.1 Å². The fourth-order valence-corrected chi connectivity index (χ4v) is 3.23. The van der Waals surface area contributed by atoms with Crippen LogP contribution in [0, 0.1) is 10.1 Å². The van der Waals surface area contributed by atoms with Gasteiger partial charge >= 0.3 is 5.00 Å². The van der Waals surface area contributed by atoms with Crippen molar-refractivity contribution in [1.82, 2.24) is 5.16 Å². The van der Waals surface area contributed by atoms with E-state index >= 15 is 0 Å². The van der Waals surface area contributed by atoms with Crippen LogP contribution in [0.5, 0.6) is 0 Å². The van der Waals surface area contributed by atoms with Gasteiger partial charge in [0.1, 0.15) is 0 Å². The molecule has 1 aromatic carbocycles. The smallest absolute Gasteiger partial charge is 0.324 e. The largest absolute Gasteiger partial charge is 0.380 e. The van der Waals surface area contributed by atoms with E-state index < -0.39 is 4.92 Å². The van der Waals surface area contributed by atoms with Crippen molar-refractivity contribution in [1.29, 1.82) is 0 Å². The number of rotatable bonds is 3. The predicted octanol–water partition coefficient (Wildman–Crippen LogP) is 4.32. The number of hydrogen-bond donors (Lipinski definition) is 1. The van der Waals surface area contributed by atoms with Crippen LogP contribution in [0.15, 0.2) is 45.4 Å². The fourth-order valence-electron chi connectivity index (χ4n) is 1.94. The van der Waals surface area contributed by atoms with Crippen molar-refractivity contribution < 1.29 is 9.45 Å². The molecule has 0 saturated carbocycles. The Kier molecular flexibility index (Phi) is 3.48. The van der Waals surface area contributed by atoms with E-state index in [1.54, 1.807) is 6.07 Å². The van der Waals surface area contributed by atoms with Gasteiger partial charge in [0.05, 0.1) is 15.4 Å². The molecule has 0 spiro atoms. The lowest BCUT2D eigenvalue weighted by atomic mass is 10.1. The van der Waals surface area contributed by atoms with Crippen molar-refractivity contribution in [2.75, 3.05) is 5.73 Å². The lowest BCUT2D eigenvalue weighted by Gasteiger charge is -2.03. The molecule has 0 aliphatic heterocycles. The van der Waals surface area contributed by atoms with Crippen molar-refractivity contribution in [3.8, 4) is 21.8 Å². The number of benzene rings is 1. The molecule has 2 N–H and O–H groups in total. The number of halogens is 1. The molecular formula is C13H8BrN3O3S. The molecule has 0 amide bonds. The summed E-state index contributed by atoms with van der Waals surface area (Å²) in [4.78, 5) is 11.0. The predicted molar refractivity (Wildman–Crippen MR) is 84.0 cm³/mol. The van der Waals surface area contributed by atoms with Crippen molar-refractivity contribution in [2.45, 2.75) is 0 Å². The van der Waals surface area contributed by atoms with Gasteiger partial charge in [-0.25, -0.2) is 0 Å². The van der Waals surface area contributed by atoms with E-state index in [9.17, 15) is 10.1 Å². The number of nitrogens with two attached hydrogens (primary N) is 1. The molecule has 2 heterocycles. The molecule has 0 aliphatic carbocycles. The summed E-state index contributed by atoms with van der Waals surface area (Å²) in [5, 5.41) is 14.6. The van der Waals surface area contributed by atoms with E-state index in [0.29, 0.717) is 16.2 Å². The first-order valence-corrected chi connectivity index (χ1v) is 7.43. The van der Waals surface area contributed by atoms with Crippen molar-refractivity contribution in [3.63, 3.8) is 0 Å². The first kappa shape index (κ1) is 13.8. The maximum Gasteiger partial charge on any atom is 0.324 e. The Hall–Kier alpha value is -2.19. The lowest BCUT2D eigenvalue weighted by Crippen LogP contribution is -1.89. The zero-order valence-corrected chi connectivity index (χ0v) is 12.8. The van der Waals surface area contributed by atoms with Gasteiger partial charge in [0.25, 0.3) is 0 Å². The van der Waals surface area contributed by atoms with Crippen molar-refractivity contribution in [3.05, 3.63) is 51.0 Å². The molecule has 0 aliphatic rings. The van der Waals surface area contributed by atoms with Crippen molar-refractivity contribution >= 4 is 38.1 Å². The average molecular weight is 366 g/mol. The van der Waals surface area contributed by atoms with Gasteiger partial charge in [-0.2, -0.15) is 0 Å². The minimum absolute atomic E-state index is 0.0399. The summed E-state index contributed by atoms with van der Waals surface area (Å²) in [5.41, 5.74) is 7.34. The van der Waals surface area contributed by atoms with Crippen LogP contribution >= 0.6 is 27.3 Å². The number of nitrogen functional groups attached to an aromatic ring is 1. The Balaban J connectivity index is 2.17. The quantitative estimate of drug-likeness (QED) is 0.550. The number of thiophene rings is 1. The van der Waals surface area contributed by atoms with Crippen LogP contribution in [0.25, 0.3) is 21.8 Å². The summed E-state index contributed by atoms with van der Waals surface area (Å²) in [6.45, 7) is 0. The normalized spacial score (nSPS) is 10.7. The molecule has 3 aromatic rings. The summed E-state index contributed by atoms with van der Waals surface area (Å²) in [6, 6.07) is 10.6. The maximum atomic E-state index is 10.8. The highest BCUT2D eigenvalue weighted by Crippen LogP contribution is 2.43. The van der Waals surface area contributed by atoms with Gasteiger partial charge in [0.15, 0.2) is 11.6 Å². The molecule has 0 atom stereocenters. The molecule has 0 fully saturated rings. The van der Waals surface area contributed by atoms with E-state index in [0.717, 1.165) is 21.4 Å². The molecule has 8 heteroatoms. The molecule has 21 heavy (non-hydrogen) atoms. The number of aromatic nitrogens is 1. The maximum absolute atomic E-state index is 10.8. The molecule has 106 valence electrons. The van der Waals surface area contributed by atoms with Gasteiger partial charge in [-0.15, -0.1) is 0 Å². The second-order valence-electron chi connectivity index (χ2n) is 4.15. The Morgan fingerprint density at radius 1 is 1.29 bits per heavy atom. The van der Waals surface area contributed by atoms with Crippen LogP contribution in [0.1, 0.15) is 0 Å². The first-order valence-electron chi connectivity index (χ1n) is 5.82. The van der Waals surface area contributed by atoms with E-state index in [1.165, 1.54) is 6.07 Å². The molecular weight excluding hydrogens is 358 g/mol. The number of nitrogens with zero attached hydrogens (tertiary/aromatic N) is 2. The average Bonchev–Trinajstić information content (AvgIpc) is 3.06. The molecule has 0 radical (unpaired) electrons. The third kappa shape index (κ3) is 2.43. The lowest BCUT2D eigenvalue weighted by molar-refractivity contribution is -0.380. The zero-order chi connectivity index (χ0) is 15.0. The number of anilines is 1. The van der Waals surface area contributed by atoms with Crippen LogP contribution in [-0.4, -0.2) is 10.1 Å². The second kappa shape index (κ2) is 5.30. The molecule has 3 rings (SSSR count). The van der Waals surface area contributed by atoms with Gasteiger partial charge in [0.2, 0.25) is 0 Å². The first-order chi connectivity index (χ1) is 10.1. The number of nitro groups is 1. The Morgan fingerprint density at radius 2 is 2.05 bits per heavy atom. The van der Waals surface area contributed by atoms with Crippen LogP contribution in [-0.2, 0) is 0 Å². The van der Waals surface area contributed by atoms with Gasteiger partial charge in [0, 0.05) is 16.1 Å². The molecule has 2 aromatic heterocycles. The monoisotopic (exact) mass is 365 g/mol. The van der Waals surface area contributed by atoms with Crippen molar-refractivity contribution in [2.24, 2.45) is 0 Å². The SMILES string of the molecule is Nc1noc(-c2ccc([N+](=O)[O-])s2)c1-c1ccccc1Br. The second-order valence-corrected chi connectivity index (χ2v) is 6.06. The van der Waals surface area contributed by atoms with Crippen LogP contribution in [0.3, 0.4) is 0 Å². The fraction of sp³-hybridized carbons (Fsp3) is 0. The van der Waals surface area contributed by atoms with E-state index in [1.807, 2.05) is 24.3 Å². The number of hydrogen-bond acceptors (Lipinski definition) is 6. The summed E-state index contributed by atoms with van der Waals surface area (Å²) in [7, 11) is 0. The zero-order valence-electron chi connectivity index (χ0n) is 10.4. The highest BCUT2D eigenvalue weighted by molar-refractivity contribution is 9.10. The Bertz CT molecular complexity index is 828. The minimum atomic E-state index is -0.438. The van der Waals surface area contributed by atoms with Gasteiger partial charge < -0.3 is 10.3 Å². The molecule has 6 nitrogen and oxygen atoms in total. The molecule has 0 bridgehead atoms. The molecule has 0 saturated heterocycles. The highest BCUT2D eigenvalue weighted by Gasteiger charge is 2.22. The summed E-state index contributed by atoms with van der Waals surface area (Å²) >= 11 is 4.48. The van der Waals surface area contributed by atoms with E-state index in [4.69, 9.17) is 10.3 Å². The summed E-state index contributed by atoms with van der Waals surface area (Å²) in [5.74, 6) is 0.672. The summed E-state index contributed by atoms with van der Waals surface area (Å²) in [6.07, 6.45) is 0. The van der Waals surface area contributed by atoms with Crippen LogP contribution in [0.4, 0.5) is 10.8 Å². The Morgan fingerprint density at radius 3 is 2.71 bits per heavy atom. The topological polar surface area (TPSA) is 95.2 Å². The minimum Gasteiger partial charge on any atom is -0.380 e. The standard InChI is InChI=1S/C13H8BrN3O3S/c14-8-4-2-1-3-7(8)11-12(20-16-13(11)15)9-5-6-10(21-9)17(18)19/h1-6H,(H2,15,16). The Labute approximate surface area is 131 Å². The van der Waals surface area contributed by atoms with Gasteiger partial charge in [-0.3, -0.25) is 10.1 Å². The third-order valence-electron chi connectivity index (χ3n) is 2.86. The van der Waals surface area contributed by atoms with Crippen LogP contribution in [0.2, 0.25) is 0 Å². The van der Waals surface area contributed by atoms with Crippen LogP contribution < -0.4 is 5.73 Å². The third-order valence-corrected chi connectivity index (χ3v) is 4.58.